The molecule has 0 aliphatic rings. The zero-order chi connectivity index (χ0) is 17.5. The van der Waals surface area contributed by atoms with Gasteiger partial charge in [0, 0.05) is 11.1 Å². The van der Waals surface area contributed by atoms with Crippen LogP contribution in [0.5, 0.6) is 17.2 Å². The molecule has 128 valence electrons. The Balaban J connectivity index is 2.13. The van der Waals surface area contributed by atoms with Crippen LogP contribution < -0.4 is 19.5 Å². The Morgan fingerprint density at radius 1 is 1.04 bits per heavy atom. The molecule has 24 heavy (non-hydrogen) atoms. The first-order valence-corrected chi connectivity index (χ1v) is 7.84. The Morgan fingerprint density at radius 3 is 2.29 bits per heavy atom. The number of nitrogens with one attached hydrogen (secondary N) is 1. The van der Waals surface area contributed by atoms with Crippen molar-refractivity contribution in [1.82, 2.24) is 5.32 Å². The number of amides is 1. The Bertz CT molecular complexity index is 682. The van der Waals surface area contributed by atoms with E-state index in [0.717, 1.165) is 11.3 Å². The monoisotopic (exact) mass is 329 g/mol. The quantitative estimate of drug-likeness (QED) is 0.843. The van der Waals surface area contributed by atoms with Gasteiger partial charge in [-0.25, -0.2) is 0 Å². The summed E-state index contributed by atoms with van der Waals surface area (Å²) in [6.45, 7) is 4.42. The van der Waals surface area contributed by atoms with Crippen molar-refractivity contribution < 1.29 is 19.0 Å². The Hall–Kier alpha value is -2.69. The molecule has 0 saturated heterocycles. The number of hydrogen-bond donors (Lipinski definition) is 1. The molecule has 1 amide bonds. The van der Waals surface area contributed by atoms with E-state index in [1.54, 1.807) is 38.5 Å². The summed E-state index contributed by atoms with van der Waals surface area (Å²) in [5.41, 5.74) is 1.43. The first kappa shape index (κ1) is 17.7. The second kappa shape index (κ2) is 8.24. The van der Waals surface area contributed by atoms with Gasteiger partial charge in [0.05, 0.1) is 26.9 Å². The minimum atomic E-state index is -0.228. The standard InChI is InChI=1S/C19H23NO4/c1-5-24-15-8-6-14(7-9-15)19(21)20-13(2)17-12-16(22-3)10-11-18(17)23-4/h6-13H,5H2,1-4H3,(H,20,21)/t13-/m0/s1. The van der Waals surface area contributed by atoms with Crippen LogP contribution in [0.3, 0.4) is 0 Å². The number of benzene rings is 2. The van der Waals surface area contributed by atoms with Gasteiger partial charge in [0.1, 0.15) is 17.2 Å². The molecule has 5 nitrogen and oxygen atoms in total. The summed E-state index contributed by atoms with van der Waals surface area (Å²) in [5, 5.41) is 2.97. The molecule has 0 saturated carbocycles. The molecule has 0 spiro atoms. The van der Waals surface area contributed by atoms with E-state index in [-0.39, 0.29) is 11.9 Å². The SMILES string of the molecule is CCOc1ccc(C(=O)N[C@@H](C)c2cc(OC)ccc2OC)cc1. The second-order valence-electron chi connectivity index (χ2n) is 5.26. The van der Waals surface area contributed by atoms with Crippen LogP contribution in [-0.2, 0) is 0 Å². The highest BCUT2D eigenvalue weighted by Crippen LogP contribution is 2.29. The molecule has 0 fully saturated rings. The molecule has 2 aromatic rings. The summed E-state index contributed by atoms with van der Waals surface area (Å²) in [4.78, 5) is 12.4. The second-order valence-corrected chi connectivity index (χ2v) is 5.26. The zero-order valence-corrected chi connectivity index (χ0v) is 14.5. The van der Waals surface area contributed by atoms with Gasteiger partial charge in [0.2, 0.25) is 0 Å². The van der Waals surface area contributed by atoms with Gasteiger partial charge in [-0.1, -0.05) is 0 Å². The molecule has 0 bridgehead atoms. The number of rotatable bonds is 7. The zero-order valence-electron chi connectivity index (χ0n) is 14.5. The summed E-state index contributed by atoms with van der Waals surface area (Å²) in [6, 6.07) is 12.4. The van der Waals surface area contributed by atoms with E-state index in [2.05, 4.69) is 5.32 Å². The summed E-state index contributed by atoms with van der Waals surface area (Å²) >= 11 is 0. The van der Waals surface area contributed by atoms with E-state index in [4.69, 9.17) is 14.2 Å². The van der Waals surface area contributed by atoms with Crippen molar-refractivity contribution in [3.8, 4) is 17.2 Å². The molecule has 0 unspecified atom stereocenters. The highest BCUT2D eigenvalue weighted by molar-refractivity contribution is 5.94. The minimum Gasteiger partial charge on any atom is -0.497 e. The molecule has 5 heteroatoms. The highest BCUT2D eigenvalue weighted by atomic mass is 16.5. The number of carbonyl (C=O) groups excluding carboxylic acids is 1. The maximum atomic E-state index is 12.4. The van der Waals surface area contributed by atoms with Crippen molar-refractivity contribution in [2.75, 3.05) is 20.8 Å². The maximum absolute atomic E-state index is 12.4. The number of carbonyl (C=O) groups is 1. The van der Waals surface area contributed by atoms with Gasteiger partial charge in [0.25, 0.3) is 5.91 Å². The fourth-order valence-corrected chi connectivity index (χ4v) is 2.40. The van der Waals surface area contributed by atoms with Crippen LogP contribution in [0.15, 0.2) is 42.5 Å². The van der Waals surface area contributed by atoms with Gasteiger partial charge in [-0.05, 0) is 56.3 Å². The van der Waals surface area contributed by atoms with E-state index in [0.29, 0.717) is 23.7 Å². The number of ether oxygens (including phenoxy) is 3. The van der Waals surface area contributed by atoms with Crippen LogP contribution in [0.2, 0.25) is 0 Å². The summed E-state index contributed by atoms with van der Waals surface area (Å²) < 4.78 is 16.0. The molecular formula is C19H23NO4. The molecule has 2 aromatic carbocycles. The lowest BCUT2D eigenvalue weighted by Crippen LogP contribution is -2.26. The molecule has 0 radical (unpaired) electrons. The topological polar surface area (TPSA) is 56.8 Å². The lowest BCUT2D eigenvalue weighted by atomic mass is 10.1. The van der Waals surface area contributed by atoms with Crippen LogP contribution in [0, 0.1) is 0 Å². The van der Waals surface area contributed by atoms with Gasteiger partial charge >= 0.3 is 0 Å². The predicted molar refractivity (Wildman–Crippen MR) is 93.0 cm³/mol. The van der Waals surface area contributed by atoms with Crippen molar-refractivity contribution in [2.45, 2.75) is 19.9 Å². The normalized spacial score (nSPS) is 11.5. The predicted octanol–water partition coefficient (Wildman–Crippen LogP) is 3.59. The highest BCUT2D eigenvalue weighted by Gasteiger charge is 2.16. The fourth-order valence-electron chi connectivity index (χ4n) is 2.40. The Morgan fingerprint density at radius 2 is 1.71 bits per heavy atom. The largest absolute Gasteiger partial charge is 0.497 e. The van der Waals surface area contributed by atoms with Crippen LogP contribution in [0.1, 0.15) is 35.8 Å². The summed E-state index contributed by atoms with van der Waals surface area (Å²) in [7, 11) is 3.21. The van der Waals surface area contributed by atoms with Gasteiger partial charge in [0.15, 0.2) is 0 Å². The summed E-state index contributed by atoms with van der Waals surface area (Å²) in [5.74, 6) is 2.01. The molecule has 2 rings (SSSR count). The van der Waals surface area contributed by atoms with E-state index in [1.807, 2.05) is 32.0 Å². The van der Waals surface area contributed by atoms with Crippen LogP contribution in [0.4, 0.5) is 0 Å². The molecule has 0 aliphatic heterocycles. The number of methoxy groups -OCH3 is 2. The third kappa shape index (κ3) is 4.19. The first-order chi connectivity index (χ1) is 11.6. The maximum Gasteiger partial charge on any atom is 0.251 e. The van der Waals surface area contributed by atoms with Crippen molar-refractivity contribution in [3.05, 3.63) is 53.6 Å². The van der Waals surface area contributed by atoms with Crippen molar-refractivity contribution in [3.63, 3.8) is 0 Å². The smallest absolute Gasteiger partial charge is 0.251 e. The lowest BCUT2D eigenvalue weighted by Gasteiger charge is -2.18. The third-order valence-corrected chi connectivity index (χ3v) is 3.68. The van der Waals surface area contributed by atoms with Crippen molar-refractivity contribution >= 4 is 5.91 Å². The minimum absolute atomic E-state index is 0.157. The van der Waals surface area contributed by atoms with E-state index >= 15 is 0 Å². The van der Waals surface area contributed by atoms with E-state index in [1.165, 1.54) is 0 Å². The van der Waals surface area contributed by atoms with Crippen LogP contribution in [0.25, 0.3) is 0 Å². The molecule has 0 heterocycles. The number of hydrogen-bond acceptors (Lipinski definition) is 4. The summed E-state index contributed by atoms with van der Waals surface area (Å²) in [6.07, 6.45) is 0. The molecule has 1 N–H and O–H groups in total. The van der Waals surface area contributed by atoms with Crippen molar-refractivity contribution in [2.24, 2.45) is 0 Å². The van der Waals surface area contributed by atoms with Crippen LogP contribution in [-0.4, -0.2) is 26.7 Å². The van der Waals surface area contributed by atoms with Gasteiger partial charge in [-0.15, -0.1) is 0 Å². The first-order valence-electron chi connectivity index (χ1n) is 7.84. The van der Waals surface area contributed by atoms with E-state index < -0.39 is 0 Å². The fraction of sp³-hybridized carbons (Fsp3) is 0.316. The average molecular weight is 329 g/mol. The van der Waals surface area contributed by atoms with Gasteiger partial charge in [-0.3, -0.25) is 4.79 Å². The Labute approximate surface area is 142 Å². The van der Waals surface area contributed by atoms with E-state index in [9.17, 15) is 4.79 Å². The average Bonchev–Trinajstić information content (AvgIpc) is 2.61. The van der Waals surface area contributed by atoms with Gasteiger partial charge in [-0.2, -0.15) is 0 Å². The molecule has 0 aliphatic carbocycles. The third-order valence-electron chi connectivity index (χ3n) is 3.68. The molecular weight excluding hydrogens is 306 g/mol. The lowest BCUT2D eigenvalue weighted by molar-refractivity contribution is 0.0939. The van der Waals surface area contributed by atoms with Gasteiger partial charge < -0.3 is 19.5 Å². The van der Waals surface area contributed by atoms with Crippen molar-refractivity contribution in [1.29, 1.82) is 0 Å². The Kier molecular flexibility index (Phi) is 6.07. The molecule has 0 aromatic heterocycles. The molecule has 1 atom stereocenters. The van der Waals surface area contributed by atoms with Crippen LogP contribution >= 0.6 is 0 Å².